The van der Waals surface area contributed by atoms with Crippen molar-refractivity contribution in [2.24, 2.45) is 5.73 Å². The Kier molecular flexibility index (Phi) is 5.15. The number of carbonyl (C=O) groups is 2. The second kappa shape index (κ2) is 5.59. The van der Waals surface area contributed by atoms with Crippen molar-refractivity contribution in [3.05, 3.63) is 0 Å². The molecule has 5 nitrogen and oxygen atoms in total. The Balaban J connectivity index is 3.70. The fourth-order valence-electron chi connectivity index (χ4n) is 0.777. The summed E-state index contributed by atoms with van der Waals surface area (Å²) in [6.45, 7) is 5.81. The van der Waals surface area contributed by atoms with Gasteiger partial charge in [-0.2, -0.15) is 0 Å². The Bertz CT molecular complexity index is 214. The molecule has 1 atom stereocenters. The van der Waals surface area contributed by atoms with Gasteiger partial charge in [0.25, 0.3) is 0 Å². The summed E-state index contributed by atoms with van der Waals surface area (Å²) in [5.74, 6) is -0.296. The third kappa shape index (κ3) is 4.81. The first-order valence-electron chi connectivity index (χ1n) is 4.71. The van der Waals surface area contributed by atoms with Crippen LogP contribution in [0.1, 0.15) is 27.2 Å². The van der Waals surface area contributed by atoms with Gasteiger partial charge >= 0.3 is 0 Å². The normalized spacial score (nSPS) is 14.3. The molecule has 0 aliphatic heterocycles. The van der Waals surface area contributed by atoms with Crippen molar-refractivity contribution in [2.45, 2.75) is 32.7 Å². The number of hydrogen-bond donors (Lipinski definition) is 3. The molecule has 4 N–H and O–H groups in total. The summed E-state index contributed by atoms with van der Waals surface area (Å²) < 4.78 is 0. The summed E-state index contributed by atoms with van der Waals surface area (Å²) >= 11 is 0. The van der Waals surface area contributed by atoms with Gasteiger partial charge in [-0.1, -0.05) is 6.92 Å². The fraction of sp³-hybridized carbons (Fsp3) is 0.778. The lowest BCUT2D eigenvalue weighted by molar-refractivity contribution is -0.126. The average molecular weight is 201 g/mol. The van der Waals surface area contributed by atoms with Gasteiger partial charge in [0, 0.05) is 20.0 Å². The van der Waals surface area contributed by atoms with Gasteiger partial charge in [-0.3, -0.25) is 9.59 Å². The zero-order valence-corrected chi connectivity index (χ0v) is 9.02. The lowest BCUT2D eigenvalue weighted by Gasteiger charge is -2.21. The van der Waals surface area contributed by atoms with Crippen LogP contribution in [0.4, 0.5) is 0 Å². The van der Waals surface area contributed by atoms with E-state index in [1.807, 2.05) is 6.92 Å². The third-order valence-corrected chi connectivity index (χ3v) is 2.04. The summed E-state index contributed by atoms with van der Waals surface area (Å²) in [4.78, 5) is 21.9. The van der Waals surface area contributed by atoms with E-state index in [0.29, 0.717) is 19.5 Å². The molecule has 2 amide bonds. The Labute approximate surface area is 84.4 Å². The maximum atomic E-state index is 11.4. The molecule has 0 spiro atoms. The van der Waals surface area contributed by atoms with Gasteiger partial charge in [0.05, 0.1) is 5.54 Å². The van der Waals surface area contributed by atoms with E-state index in [2.05, 4.69) is 10.6 Å². The molecule has 14 heavy (non-hydrogen) atoms. The standard InChI is InChI=1S/C9H19N3O2/c1-4-9(3,10)8(14)12-6-5-11-7(2)13/h4-6,10H2,1-3H3,(H,11,13)(H,12,14). The number of carbonyl (C=O) groups excluding carboxylic acids is 2. The van der Waals surface area contributed by atoms with Gasteiger partial charge in [-0.25, -0.2) is 0 Å². The van der Waals surface area contributed by atoms with Crippen LogP contribution in [-0.4, -0.2) is 30.4 Å². The van der Waals surface area contributed by atoms with E-state index in [1.54, 1.807) is 6.92 Å². The molecule has 0 aromatic rings. The molecule has 0 rings (SSSR count). The average Bonchev–Trinajstić information content (AvgIpc) is 2.11. The number of rotatable bonds is 5. The van der Waals surface area contributed by atoms with E-state index in [-0.39, 0.29) is 11.8 Å². The topological polar surface area (TPSA) is 84.2 Å². The highest BCUT2D eigenvalue weighted by Gasteiger charge is 2.24. The van der Waals surface area contributed by atoms with Crippen molar-refractivity contribution >= 4 is 11.8 Å². The van der Waals surface area contributed by atoms with E-state index in [0.717, 1.165) is 0 Å². The van der Waals surface area contributed by atoms with Crippen LogP contribution in [0.3, 0.4) is 0 Å². The van der Waals surface area contributed by atoms with Crippen molar-refractivity contribution in [3.8, 4) is 0 Å². The third-order valence-electron chi connectivity index (χ3n) is 2.04. The number of amides is 2. The molecule has 0 fully saturated rings. The molecular weight excluding hydrogens is 182 g/mol. The van der Waals surface area contributed by atoms with Crippen LogP contribution in [0.25, 0.3) is 0 Å². The monoisotopic (exact) mass is 201 g/mol. The van der Waals surface area contributed by atoms with E-state index in [4.69, 9.17) is 5.73 Å². The van der Waals surface area contributed by atoms with E-state index < -0.39 is 5.54 Å². The Morgan fingerprint density at radius 1 is 1.29 bits per heavy atom. The van der Waals surface area contributed by atoms with Gasteiger partial charge < -0.3 is 16.4 Å². The summed E-state index contributed by atoms with van der Waals surface area (Å²) in [5, 5.41) is 5.23. The SMILES string of the molecule is CCC(C)(N)C(=O)NCCNC(C)=O. The summed E-state index contributed by atoms with van der Waals surface area (Å²) in [5.41, 5.74) is 4.88. The van der Waals surface area contributed by atoms with Crippen LogP contribution in [0, 0.1) is 0 Å². The van der Waals surface area contributed by atoms with Crippen molar-refractivity contribution in [3.63, 3.8) is 0 Å². The smallest absolute Gasteiger partial charge is 0.239 e. The molecule has 5 heteroatoms. The van der Waals surface area contributed by atoms with E-state index in [9.17, 15) is 9.59 Å². The zero-order chi connectivity index (χ0) is 11.2. The van der Waals surface area contributed by atoms with Crippen LogP contribution in [0.5, 0.6) is 0 Å². The van der Waals surface area contributed by atoms with Crippen LogP contribution in [-0.2, 0) is 9.59 Å². The number of nitrogens with two attached hydrogens (primary N) is 1. The second-order valence-electron chi connectivity index (χ2n) is 3.51. The van der Waals surface area contributed by atoms with Crippen LogP contribution >= 0.6 is 0 Å². The quantitative estimate of drug-likeness (QED) is 0.518. The Morgan fingerprint density at radius 2 is 1.79 bits per heavy atom. The van der Waals surface area contributed by atoms with Crippen LogP contribution in [0.15, 0.2) is 0 Å². The van der Waals surface area contributed by atoms with Crippen LogP contribution in [0.2, 0.25) is 0 Å². The molecule has 0 heterocycles. The van der Waals surface area contributed by atoms with Crippen molar-refractivity contribution in [1.29, 1.82) is 0 Å². The molecule has 0 aliphatic carbocycles. The largest absolute Gasteiger partial charge is 0.355 e. The van der Waals surface area contributed by atoms with Gasteiger partial charge in [-0.15, -0.1) is 0 Å². The van der Waals surface area contributed by atoms with Crippen molar-refractivity contribution < 1.29 is 9.59 Å². The van der Waals surface area contributed by atoms with Gasteiger partial charge in [0.15, 0.2) is 0 Å². The Hall–Kier alpha value is -1.10. The van der Waals surface area contributed by atoms with Crippen LogP contribution < -0.4 is 16.4 Å². The first kappa shape index (κ1) is 12.9. The van der Waals surface area contributed by atoms with Gasteiger partial charge in [-0.05, 0) is 13.3 Å². The molecule has 0 radical (unpaired) electrons. The highest BCUT2D eigenvalue weighted by Crippen LogP contribution is 2.03. The van der Waals surface area contributed by atoms with Gasteiger partial charge in [0.1, 0.15) is 0 Å². The van der Waals surface area contributed by atoms with Crippen molar-refractivity contribution in [1.82, 2.24) is 10.6 Å². The molecule has 0 aromatic heterocycles. The lowest BCUT2D eigenvalue weighted by Crippen LogP contribution is -2.52. The molecule has 1 unspecified atom stereocenters. The highest BCUT2D eigenvalue weighted by atomic mass is 16.2. The second-order valence-corrected chi connectivity index (χ2v) is 3.51. The summed E-state index contributed by atoms with van der Waals surface area (Å²) in [6, 6.07) is 0. The minimum atomic E-state index is -0.823. The highest BCUT2D eigenvalue weighted by molar-refractivity contribution is 5.85. The predicted molar refractivity (Wildman–Crippen MR) is 54.6 cm³/mol. The van der Waals surface area contributed by atoms with Crippen molar-refractivity contribution in [2.75, 3.05) is 13.1 Å². The first-order valence-corrected chi connectivity index (χ1v) is 4.71. The van der Waals surface area contributed by atoms with E-state index >= 15 is 0 Å². The predicted octanol–water partition coefficient (Wildman–Crippen LogP) is -0.634. The fourth-order valence-corrected chi connectivity index (χ4v) is 0.777. The molecule has 0 saturated carbocycles. The molecular formula is C9H19N3O2. The van der Waals surface area contributed by atoms with E-state index in [1.165, 1.54) is 6.92 Å². The lowest BCUT2D eigenvalue weighted by atomic mass is 10.00. The Morgan fingerprint density at radius 3 is 2.21 bits per heavy atom. The molecule has 82 valence electrons. The number of nitrogens with one attached hydrogen (secondary N) is 2. The summed E-state index contributed by atoms with van der Waals surface area (Å²) in [7, 11) is 0. The molecule has 0 aromatic carbocycles. The minimum absolute atomic E-state index is 0.106. The maximum absolute atomic E-state index is 11.4. The zero-order valence-electron chi connectivity index (χ0n) is 9.02. The van der Waals surface area contributed by atoms with Gasteiger partial charge in [0.2, 0.25) is 11.8 Å². The first-order chi connectivity index (χ1) is 6.40. The minimum Gasteiger partial charge on any atom is -0.355 e. The summed E-state index contributed by atoms with van der Waals surface area (Å²) in [6.07, 6.45) is 0.582. The molecule has 0 saturated heterocycles. The maximum Gasteiger partial charge on any atom is 0.239 e. The molecule has 0 aliphatic rings. The molecule has 0 bridgehead atoms. The number of hydrogen-bond acceptors (Lipinski definition) is 3.